The molecular weight excluding hydrogens is 364 g/mol. The normalized spacial score (nSPS) is 7.00. The Hall–Kier alpha value is 1.08. The van der Waals surface area contributed by atoms with Crippen molar-refractivity contribution in [1.82, 2.24) is 6.15 Å². The minimum atomic E-state index is -4.64. The summed E-state index contributed by atoms with van der Waals surface area (Å²) < 4.78 is 17.2. The van der Waals surface area contributed by atoms with E-state index < -0.39 is 7.82 Å². The number of rotatable bonds is 0. The molecule has 6 nitrogen and oxygen atoms in total. The molecule has 0 aromatic heterocycles. The molecule has 0 spiro atoms. The van der Waals surface area contributed by atoms with Gasteiger partial charge in [0.15, 0.2) is 0 Å². The van der Waals surface area contributed by atoms with Gasteiger partial charge in [-0.3, -0.25) is 0 Å². The van der Waals surface area contributed by atoms with E-state index in [-0.39, 0.29) is 23.2 Å². The molecule has 0 aliphatic carbocycles. The average molecular weight is 370 g/mol. The molecule has 0 saturated carbocycles. The molecule has 0 aliphatic rings. The van der Waals surface area contributed by atoms with E-state index in [9.17, 15) is 0 Å². The van der Waals surface area contributed by atoms with E-state index in [2.05, 4.69) is 0 Å². The van der Waals surface area contributed by atoms with Gasteiger partial charge in [-0.05, 0) is 0 Å². The monoisotopic (exact) mass is 370 g/mol. The predicted octanol–water partition coefficient (Wildman–Crippen LogP) is -0.890. The van der Waals surface area contributed by atoms with Crippen LogP contribution in [0.5, 0.6) is 0 Å². The second-order valence-electron chi connectivity index (χ2n) is 0.513. The average Bonchev–Trinajstić information content (AvgIpc) is 1.36. The van der Waals surface area contributed by atoms with E-state index in [0.717, 1.165) is 0 Å². The molecule has 0 heterocycles. The second kappa shape index (κ2) is 11.8. The van der Waals surface area contributed by atoms with Crippen molar-refractivity contribution in [2.45, 2.75) is 0 Å². The van der Waals surface area contributed by atoms with E-state index in [1.54, 1.807) is 0 Å². The van der Waals surface area contributed by atoms with Crippen molar-refractivity contribution in [2.75, 3.05) is 0 Å². The van der Waals surface area contributed by atoms with Crippen molar-refractivity contribution in [3.8, 4) is 0 Å². The fourth-order valence-corrected chi connectivity index (χ4v) is 0. The zero-order chi connectivity index (χ0) is 6.50. The molecule has 0 aromatic carbocycles. The van der Waals surface area contributed by atoms with Gasteiger partial charge >= 0.3 is 31.0 Å². The molecule has 1 radical (unpaired) electrons. The third kappa shape index (κ3) is 391. The summed E-state index contributed by atoms with van der Waals surface area (Å²) in [5.41, 5.74) is 0. The van der Waals surface area contributed by atoms with Gasteiger partial charge < -0.3 is 20.8 Å². The van der Waals surface area contributed by atoms with Crippen molar-refractivity contribution in [2.24, 2.45) is 0 Å². The first-order valence-electron chi connectivity index (χ1n) is 0.949. The summed E-state index contributed by atoms with van der Waals surface area (Å²) in [5, 5.41) is 0. The van der Waals surface area contributed by atoms with Gasteiger partial charge in [-0.15, -0.1) is 0 Å². The molecule has 9 heavy (non-hydrogen) atoms. The van der Waals surface area contributed by atoms with Gasteiger partial charge in [-0.25, -0.2) is 4.57 Å². The van der Waals surface area contributed by atoms with Gasteiger partial charge in [0.2, 0.25) is 0 Å². The fraction of sp³-hybridized carbons (Fsp3) is 0. The standard InChI is InChI=1S/Mn.H3N.H3O4P.O.W/c;;1-5(2,3)4;;/h;1H3;(H3,1,2,3,4);;. The Morgan fingerprint density at radius 3 is 1.11 bits per heavy atom. The van der Waals surface area contributed by atoms with Crippen LogP contribution in [0.2, 0.25) is 0 Å². The molecule has 9 heteroatoms. The van der Waals surface area contributed by atoms with Crippen molar-refractivity contribution < 1.29 is 59.5 Å². The summed E-state index contributed by atoms with van der Waals surface area (Å²) in [6, 6.07) is 0. The predicted molar refractivity (Wildman–Crippen MR) is 20.0 cm³/mol. The number of hydrogen-bond donors (Lipinski definition) is 4. The third-order valence-electron chi connectivity index (χ3n) is 0. The van der Waals surface area contributed by atoms with Gasteiger partial charge in [0.1, 0.15) is 0 Å². The zero-order valence-corrected chi connectivity index (χ0v) is 9.11. The van der Waals surface area contributed by atoms with Crippen LogP contribution in [0.1, 0.15) is 0 Å². The number of phosphoric acid groups is 1. The van der Waals surface area contributed by atoms with Crippen molar-refractivity contribution in [1.29, 1.82) is 0 Å². The summed E-state index contributed by atoms with van der Waals surface area (Å²) in [5.74, 6) is 0. The van der Waals surface area contributed by atoms with Crippen LogP contribution in [-0.4, -0.2) is 14.7 Å². The Morgan fingerprint density at radius 2 is 1.11 bits per heavy atom. The minimum absolute atomic E-state index is 0. The zero-order valence-electron chi connectivity index (χ0n) is 4.10. The molecule has 6 N–H and O–H groups in total. The van der Waals surface area contributed by atoms with Crippen molar-refractivity contribution >= 4 is 7.82 Å². The van der Waals surface area contributed by atoms with E-state index in [1.165, 1.54) is 0 Å². The molecule has 0 rings (SSSR count). The molecular formula is H6MnNO5PW. The van der Waals surface area contributed by atoms with Crippen molar-refractivity contribution in [3.05, 3.63) is 0 Å². The summed E-state index contributed by atoms with van der Waals surface area (Å²) in [4.78, 5) is 21.6. The Kier molecular flexibility index (Phi) is 29.5. The maximum absolute atomic E-state index is 8.88. The van der Waals surface area contributed by atoms with E-state index in [0.29, 0.717) is 19.8 Å². The Morgan fingerprint density at radius 1 is 1.11 bits per heavy atom. The molecule has 0 aromatic rings. The van der Waals surface area contributed by atoms with Crippen LogP contribution in [0.15, 0.2) is 0 Å². The Balaban J connectivity index is -0.0000000286. The molecule has 0 atom stereocenters. The second-order valence-corrected chi connectivity index (χ2v) is 1.54. The van der Waals surface area contributed by atoms with Crippen LogP contribution in [0, 0.1) is 0 Å². The molecule has 0 unspecified atom stereocenters. The van der Waals surface area contributed by atoms with Gasteiger partial charge in [0.25, 0.3) is 0 Å². The SMILES string of the molecule is N.O=P(O)(O)O.[Mn].[O]=[W]. The van der Waals surface area contributed by atoms with Gasteiger partial charge in [-0.2, -0.15) is 0 Å². The molecule has 59 valence electrons. The molecule has 0 saturated heterocycles. The first-order chi connectivity index (χ1) is 3.00. The van der Waals surface area contributed by atoms with E-state index in [4.69, 9.17) is 22.6 Å². The first-order valence-corrected chi connectivity index (χ1v) is 3.71. The first kappa shape index (κ1) is 22.5. The van der Waals surface area contributed by atoms with Crippen LogP contribution in [0.4, 0.5) is 0 Å². The van der Waals surface area contributed by atoms with Gasteiger partial charge in [-0.1, -0.05) is 0 Å². The van der Waals surface area contributed by atoms with Crippen LogP contribution >= 0.6 is 7.82 Å². The van der Waals surface area contributed by atoms with Crippen LogP contribution in [0.25, 0.3) is 0 Å². The van der Waals surface area contributed by atoms with Gasteiger partial charge in [0.05, 0.1) is 0 Å². The fourth-order valence-electron chi connectivity index (χ4n) is 0. The number of hydrogen-bond acceptors (Lipinski definition) is 3. The van der Waals surface area contributed by atoms with Crippen LogP contribution in [0.3, 0.4) is 0 Å². The maximum atomic E-state index is 8.88. The van der Waals surface area contributed by atoms with Gasteiger partial charge in [0, 0.05) is 17.1 Å². The van der Waals surface area contributed by atoms with E-state index in [1.807, 2.05) is 0 Å². The summed E-state index contributed by atoms with van der Waals surface area (Å²) >= 11 is 0.333. The molecule has 0 fully saturated rings. The molecule has 0 bridgehead atoms. The van der Waals surface area contributed by atoms with Crippen molar-refractivity contribution in [3.63, 3.8) is 0 Å². The summed E-state index contributed by atoms with van der Waals surface area (Å²) in [7, 11) is -4.64. The summed E-state index contributed by atoms with van der Waals surface area (Å²) in [6.45, 7) is 0. The van der Waals surface area contributed by atoms with E-state index >= 15 is 0 Å². The quantitative estimate of drug-likeness (QED) is 0.324. The van der Waals surface area contributed by atoms with Crippen LogP contribution in [-0.2, 0) is 44.8 Å². The Bertz CT molecular complexity index is 72.8. The molecule has 0 aliphatic heterocycles. The molecule has 0 amide bonds. The topological polar surface area (TPSA) is 130 Å². The Labute approximate surface area is 73.5 Å². The third-order valence-corrected chi connectivity index (χ3v) is 0. The van der Waals surface area contributed by atoms with Crippen LogP contribution < -0.4 is 6.15 Å². The summed E-state index contributed by atoms with van der Waals surface area (Å²) in [6.07, 6.45) is 0.